The van der Waals surface area contributed by atoms with E-state index in [2.05, 4.69) is 9.97 Å². The molecule has 0 unspecified atom stereocenters. The molecule has 0 aliphatic rings. The number of aryl methyl sites for hydroxylation is 2. The third-order valence-electron chi connectivity index (χ3n) is 3.69. The number of esters is 1. The number of carbonyl (C=O) groups is 1. The zero-order chi connectivity index (χ0) is 17.3. The lowest BCUT2D eigenvalue weighted by molar-refractivity contribution is -0.142. The van der Waals surface area contributed by atoms with Crippen LogP contribution in [0.5, 0.6) is 0 Å². The van der Waals surface area contributed by atoms with E-state index in [1.54, 1.807) is 24.3 Å². The van der Waals surface area contributed by atoms with E-state index in [1.807, 2.05) is 30.7 Å². The van der Waals surface area contributed by atoms with Crippen molar-refractivity contribution >= 4 is 44.9 Å². The van der Waals surface area contributed by atoms with E-state index in [-0.39, 0.29) is 5.56 Å². The van der Waals surface area contributed by atoms with E-state index in [0.29, 0.717) is 16.0 Å². The molecule has 3 rings (SSSR count). The number of ether oxygens (including phenoxy) is 1. The number of rotatable bonds is 4. The Labute approximate surface area is 146 Å². The molecular formula is C17H16N2O3S2. The highest BCUT2D eigenvalue weighted by Crippen LogP contribution is 2.26. The van der Waals surface area contributed by atoms with Crippen LogP contribution in [-0.2, 0) is 9.53 Å². The van der Waals surface area contributed by atoms with Crippen LogP contribution in [0.1, 0.15) is 34.9 Å². The van der Waals surface area contributed by atoms with E-state index in [1.165, 1.54) is 17.4 Å². The van der Waals surface area contributed by atoms with Crippen molar-refractivity contribution in [2.24, 2.45) is 0 Å². The van der Waals surface area contributed by atoms with Crippen LogP contribution >= 0.6 is 22.7 Å². The van der Waals surface area contributed by atoms with Gasteiger partial charge in [-0.2, -0.15) is 11.3 Å². The van der Waals surface area contributed by atoms with Crippen molar-refractivity contribution in [2.75, 3.05) is 0 Å². The van der Waals surface area contributed by atoms with Gasteiger partial charge in [0.2, 0.25) is 0 Å². The smallest absolute Gasteiger partial charge is 0.331 e. The fourth-order valence-corrected chi connectivity index (χ4v) is 3.93. The lowest BCUT2D eigenvalue weighted by Gasteiger charge is -2.10. The molecule has 3 aromatic heterocycles. The van der Waals surface area contributed by atoms with Gasteiger partial charge in [-0.05, 0) is 54.8 Å². The first-order valence-corrected chi connectivity index (χ1v) is 9.12. The number of nitrogens with zero attached hydrogens (tertiary/aromatic N) is 1. The van der Waals surface area contributed by atoms with Crippen LogP contribution in [0.25, 0.3) is 16.3 Å². The number of nitrogens with one attached hydrogen (secondary N) is 1. The molecule has 1 N–H and O–H groups in total. The summed E-state index contributed by atoms with van der Waals surface area (Å²) in [4.78, 5) is 33.1. The second kappa shape index (κ2) is 6.70. The molecule has 1 atom stereocenters. The first-order chi connectivity index (χ1) is 11.5. The number of hydrogen-bond acceptors (Lipinski definition) is 6. The fraction of sp³-hybridized carbons (Fsp3) is 0.235. The van der Waals surface area contributed by atoms with Crippen molar-refractivity contribution in [2.45, 2.75) is 26.9 Å². The lowest BCUT2D eigenvalue weighted by Crippen LogP contribution is -2.16. The van der Waals surface area contributed by atoms with Crippen LogP contribution in [0, 0.1) is 13.8 Å². The Bertz CT molecular complexity index is 968. The quantitative estimate of drug-likeness (QED) is 0.564. The van der Waals surface area contributed by atoms with Gasteiger partial charge >= 0.3 is 5.97 Å². The molecule has 0 saturated heterocycles. The van der Waals surface area contributed by atoms with Gasteiger partial charge in [0.1, 0.15) is 4.83 Å². The molecule has 5 nitrogen and oxygen atoms in total. The number of H-pyrrole nitrogens is 1. The van der Waals surface area contributed by atoms with E-state index >= 15 is 0 Å². The SMILES string of the molecule is Cc1sc2nc([C@@H](C)OC(=O)/C=C/c3ccsc3)[nH]c(=O)c2c1C. The normalized spacial score (nSPS) is 12.8. The van der Waals surface area contributed by atoms with Crippen LogP contribution in [-0.4, -0.2) is 15.9 Å². The molecular weight excluding hydrogens is 344 g/mol. The average Bonchev–Trinajstić information content (AvgIpc) is 3.14. The van der Waals surface area contributed by atoms with Gasteiger partial charge in [0, 0.05) is 11.0 Å². The molecule has 0 aliphatic heterocycles. The second-order valence-corrected chi connectivity index (χ2v) is 7.37. The average molecular weight is 360 g/mol. The van der Waals surface area contributed by atoms with Gasteiger partial charge in [-0.3, -0.25) is 4.79 Å². The van der Waals surface area contributed by atoms with Gasteiger partial charge in [0.25, 0.3) is 5.56 Å². The molecule has 0 fully saturated rings. The van der Waals surface area contributed by atoms with E-state index < -0.39 is 12.1 Å². The maximum absolute atomic E-state index is 12.3. The largest absolute Gasteiger partial charge is 0.451 e. The summed E-state index contributed by atoms with van der Waals surface area (Å²) in [6.07, 6.45) is 2.43. The molecule has 7 heteroatoms. The van der Waals surface area contributed by atoms with Crippen molar-refractivity contribution in [3.8, 4) is 0 Å². The molecule has 0 aliphatic carbocycles. The summed E-state index contributed by atoms with van der Waals surface area (Å²) >= 11 is 3.02. The number of hydrogen-bond donors (Lipinski definition) is 1. The van der Waals surface area contributed by atoms with E-state index in [9.17, 15) is 9.59 Å². The molecule has 3 heterocycles. The Balaban J connectivity index is 1.80. The van der Waals surface area contributed by atoms with Crippen LogP contribution in [0.15, 0.2) is 27.7 Å². The molecule has 0 spiro atoms. The molecule has 0 bridgehead atoms. The maximum Gasteiger partial charge on any atom is 0.331 e. The first kappa shape index (κ1) is 16.6. The number of fused-ring (bicyclic) bond motifs is 1. The van der Waals surface area contributed by atoms with Gasteiger partial charge in [0.05, 0.1) is 5.39 Å². The number of carbonyl (C=O) groups excluding carboxylic acids is 1. The fourth-order valence-electron chi connectivity index (χ4n) is 2.27. The van der Waals surface area contributed by atoms with Crippen molar-refractivity contribution in [1.82, 2.24) is 9.97 Å². The van der Waals surface area contributed by atoms with Crippen LogP contribution in [0.3, 0.4) is 0 Å². The van der Waals surface area contributed by atoms with Crippen molar-refractivity contribution < 1.29 is 9.53 Å². The molecule has 0 aromatic carbocycles. The third-order valence-corrected chi connectivity index (χ3v) is 5.49. The zero-order valence-electron chi connectivity index (χ0n) is 13.5. The third kappa shape index (κ3) is 3.32. The number of aromatic nitrogens is 2. The van der Waals surface area contributed by atoms with Crippen molar-refractivity contribution in [3.63, 3.8) is 0 Å². The van der Waals surface area contributed by atoms with E-state index in [0.717, 1.165) is 16.0 Å². The summed E-state index contributed by atoms with van der Waals surface area (Å²) in [5.74, 6) is -0.124. The molecule has 0 amide bonds. The van der Waals surface area contributed by atoms with Gasteiger partial charge < -0.3 is 9.72 Å². The predicted octanol–water partition coefficient (Wildman–Crippen LogP) is 3.98. The first-order valence-electron chi connectivity index (χ1n) is 7.36. The number of aromatic amines is 1. The van der Waals surface area contributed by atoms with Crippen LogP contribution < -0.4 is 5.56 Å². The van der Waals surface area contributed by atoms with Crippen molar-refractivity contribution in [3.05, 3.63) is 55.1 Å². The summed E-state index contributed by atoms with van der Waals surface area (Å²) in [6, 6.07) is 1.91. The summed E-state index contributed by atoms with van der Waals surface area (Å²) < 4.78 is 5.33. The highest BCUT2D eigenvalue weighted by atomic mass is 32.1. The highest BCUT2D eigenvalue weighted by Gasteiger charge is 2.17. The van der Waals surface area contributed by atoms with Crippen LogP contribution in [0.4, 0.5) is 0 Å². The lowest BCUT2D eigenvalue weighted by atomic mass is 10.2. The Morgan fingerprint density at radius 3 is 2.92 bits per heavy atom. The van der Waals surface area contributed by atoms with Gasteiger partial charge in [-0.1, -0.05) is 0 Å². The standard InChI is InChI=1S/C17H16N2O3S2/c1-9-11(3)24-17-14(9)16(21)18-15(19-17)10(2)22-13(20)5-4-12-6-7-23-8-12/h4-8,10H,1-3H3,(H,18,19,21)/b5-4+/t10-/m1/s1. The zero-order valence-corrected chi connectivity index (χ0v) is 15.1. The minimum atomic E-state index is -0.635. The van der Waals surface area contributed by atoms with Crippen LogP contribution in [0.2, 0.25) is 0 Å². The molecule has 3 aromatic rings. The summed E-state index contributed by atoms with van der Waals surface area (Å²) in [7, 11) is 0. The predicted molar refractivity (Wildman–Crippen MR) is 97.6 cm³/mol. The van der Waals surface area contributed by atoms with E-state index in [4.69, 9.17) is 4.74 Å². The Morgan fingerprint density at radius 2 is 2.21 bits per heavy atom. The maximum atomic E-state index is 12.3. The Hall–Kier alpha value is -2.25. The molecule has 24 heavy (non-hydrogen) atoms. The monoisotopic (exact) mass is 360 g/mol. The highest BCUT2D eigenvalue weighted by molar-refractivity contribution is 7.18. The minimum Gasteiger partial charge on any atom is -0.451 e. The molecule has 0 radical (unpaired) electrons. The van der Waals surface area contributed by atoms with Gasteiger partial charge in [0.15, 0.2) is 11.9 Å². The number of thiophene rings is 2. The molecule has 124 valence electrons. The summed E-state index contributed by atoms with van der Waals surface area (Å²) in [5.41, 5.74) is 1.69. The minimum absolute atomic E-state index is 0.200. The summed E-state index contributed by atoms with van der Waals surface area (Å²) in [6.45, 7) is 5.55. The topological polar surface area (TPSA) is 72.0 Å². The van der Waals surface area contributed by atoms with Crippen molar-refractivity contribution in [1.29, 1.82) is 0 Å². The molecule has 0 saturated carbocycles. The second-order valence-electron chi connectivity index (χ2n) is 5.38. The summed E-state index contributed by atoms with van der Waals surface area (Å²) in [5, 5.41) is 4.47. The van der Waals surface area contributed by atoms with Gasteiger partial charge in [-0.15, -0.1) is 11.3 Å². The Kier molecular flexibility index (Phi) is 4.64. The van der Waals surface area contributed by atoms with Gasteiger partial charge in [-0.25, -0.2) is 9.78 Å². The Morgan fingerprint density at radius 1 is 1.42 bits per heavy atom.